The van der Waals surface area contributed by atoms with E-state index in [1.165, 1.54) is 10.6 Å². The van der Waals surface area contributed by atoms with Crippen molar-refractivity contribution in [2.75, 3.05) is 0 Å². The second-order valence-electron chi connectivity index (χ2n) is 5.95. The number of pyridine rings is 1. The predicted octanol–water partition coefficient (Wildman–Crippen LogP) is 3.36. The van der Waals surface area contributed by atoms with Crippen molar-refractivity contribution in [1.82, 2.24) is 4.57 Å². The molecular formula is C21H15NO4. The first-order valence-electron chi connectivity index (χ1n) is 8.31. The van der Waals surface area contributed by atoms with Crippen molar-refractivity contribution in [3.8, 4) is 0 Å². The molecule has 0 atom stereocenters. The number of aryl methyl sites for hydroxylation is 1. The summed E-state index contributed by atoms with van der Waals surface area (Å²) in [6.07, 6.45) is 0. The molecule has 0 fully saturated rings. The van der Waals surface area contributed by atoms with E-state index in [2.05, 4.69) is 0 Å². The molecule has 2 heterocycles. The highest BCUT2D eigenvalue weighted by atomic mass is 16.3. The molecule has 0 unspecified atom stereocenters. The highest BCUT2D eigenvalue weighted by Crippen LogP contribution is 2.19. The normalized spacial score (nSPS) is 11.1. The molecule has 0 saturated heterocycles. The van der Waals surface area contributed by atoms with Gasteiger partial charge in [0.2, 0.25) is 11.1 Å². The Labute approximate surface area is 148 Å². The Morgan fingerprint density at radius 2 is 1.65 bits per heavy atom. The van der Waals surface area contributed by atoms with Gasteiger partial charge >= 0.3 is 0 Å². The maximum Gasteiger partial charge on any atom is 0.264 e. The minimum atomic E-state index is -0.465. The van der Waals surface area contributed by atoms with Gasteiger partial charge in [-0.1, -0.05) is 42.5 Å². The largest absolute Gasteiger partial charge is 0.439 e. The summed E-state index contributed by atoms with van der Waals surface area (Å²) in [5, 5.41) is 0.642. The van der Waals surface area contributed by atoms with Crippen LogP contribution in [-0.2, 0) is 6.54 Å². The Morgan fingerprint density at radius 1 is 0.962 bits per heavy atom. The summed E-state index contributed by atoms with van der Waals surface area (Å²) in [5.74, 6) is -0.410. The number of aromatic nitrogens is 1. The highest BCUT2D eigenvalue weighted by Gasteiger charge is 2.20. The standard InChI is InChI=1S/C21H15NO4/c1-2-22-20(25)15(18(23)13-8-4-3-5-9-13)12-16-19(24)14-10-6-7-11-17(14)26-21(16)22/h3-12H,2H2,1H3. The van der Waals surface area contributed by atoms with E-state index >= 15 is 0 Å². The van der Waals surface area contributed by atoms with E-state index in [1.54, 1.807) is 61.5 Å². The average Bonchev–Trinajstić information content (AvgIpc) is 2.68. The number of carbonyl (C=O) groups excluding carboxylic acids is 1. The minimum Gasteiger partial charge on any atom is -0.439 e. The summed E-state index contributed by atoms with van der Waals surface area (Å²) in [4.78, 5) is 38.6. The van der Waals surface area contributed by atoms with Crippen molar-refractivity contribution in [2.45, 2.75) is 13.5 Å². The molecule has 0 N–H and O–H groups in total. The van der Waals surface area contributed by atoms with Crippen LogP contribution in [0.1, 0.15) is 22.8 Å². The Morgan fingerprint density at radius 3 is 2.38 bits per heavy atom. The molecule has 128 valence electrons. The van der Waals surface area contributed by atoms with Crippen LogP contribution in [0.4, 0.5) is 0 Å². The Balaban J connectivity index is 2.10. The quantitative estimate of drug-likeness (QED) is 0.422. The van der Waals surface area contributed by atoms with Gasteiger partial charge in [-0.25, -0.2) is 0 Å². The zero-order chi connectivity index (χ0) is 18.3. The molecule has 0 radical (unpaired) electrons. The molecule has 2 aromatic heterocycles. The summed E-state index contributed by atoms with van der Waals surface area (Å²) in [6, 6.07) is 16.8. The molecule has 0 bridgehead atoms. The summed E-state index contributed by atoms with van der Waals surface area (Å²) >= 11 is 0. The second kappa shape index (κ2) is 6.11. The van der Waals surface area contributed by atoms with E-state index < -0.39 is 11.3 Å². The van der Waals surface area contributed by atoms with Crippen molar-refractivity contribution >= 4 is 27.9 Å². The van der Waals surface area contributed by atoms with Crippen molar-refractivity contribution in [3.05, 3.63) is 92.4 Å². The Kier molecular flexibility index (Phi) is 3.77. The first-order chi connectivity index (χ1) is 12.6. The number of ketones is 1. The fraction of sp³-hybridized carbons (Fsp3) is 0.0952. The van der Waals surface area contributed by atoms with Gasteiger partial charge in [-0.3, -0.25) is 19.0 Å². The number of para-hydroxylation sites is 1. The Hall–Kier alpha value is -3.47. The molecule has 5 heteroatoms. The van der Waals surface area contributed by atoms with E-state index in [0.717, 1.165) is 0 Å². The number of benzene rings is 2. The zero-order valence-corrected chi connectivity index (χ0v) is 14.1. The lowest BCUT2D eigenvalue weighted by molar-refractivity contribution is 0.103. The highest BCUT2D eigenvalue weighted by molar-refractivity contribution is 6.10. The van der Waals surface area contributed by atoms with E-state index in [4.69, 9.17) is 4.42 Å². The van der Waals surface area contributed by atoms with E-state index in [1.807, 2.05) is 0 Å². The van der Waals surface area contributed by atoms with Crippen LogP contribution in [0.25, 0.3) is 22.1 Å². The van der Waals surface area contributed by atoms with Gasteiger partial charge in [-0.2, -0.15) is 0 Å². The lowest BCUT2D eigenvalue weighted by Gasteiger charge is -2.10. The van der Waals surface area contributed by atoms with Crippen LogP contribution in [0.3, 0.4) is 0 Å². The van der Waals surface area contributed by atoms with Crippen molar-refractivity contribution < 1.29 is 9.21 Å². The van der Waals surface area contributed by atoms with Gasteiger partial charge in [0, 0.05) is 12.1 Å². The van der Waals surface area contributed by atoms with Crippen molar-refractivity contribution in [1.29, 1.82) is 0 Å². The number of hydrogen-bond acceptors (Lipinski definition) is 4. The lowest BCUT2D eigenvalue weighted by Crippen LogP contribution is -2.28. The Bertz CT molecular complexity index is 1270. The molecular weight excluding hydrogens is 330 g/mol. The van der Waals surface area contributed by atoms with Gasteiger partial charge < -0.3 is 4.42 Å². The van der Waals surface area contributed by atoms with Gasteiger partial charge in [-0.15, -0.1) is 0 Å². The van der Waals surface area contributed by atoms with Gasteiger partial charge in [0.25, 0.3) is 5.56 Å². The van der Waals surface area contributed by atoms with Crippen molar-refractivity contribution in [2.24, 2.45) is 0 Å². The van der Waals surface area contributed by atoms with Crippen LogP contribution in [-0.4, -0.2) is 10.4 Å². The maximum absolute atomic E-state index is 12.9. The molecule has 0 aliphatic heterocycles. The van der Waals surface area contributed by atoms with Gasteiger partial charge in [0.1, 0.15) is 5.58 Å². The van der Waals surface area contributed by atoms with Crippen LogP contribution >= 0.6 is 0 Å². The van der Waals surface area contributed by atoms with Crippen LogP contribution in [0.5, 0.6) is 0 Å². The first kappa shape index (κ1) is 16.0. The third-order valence-electron chi connectivity index (χ3n) is 4.42. The van der Waals surface area contributed by atoms with Gasteiger partial charge in [-0.05, 0) is 25.1 Å². The smallest absolute Gasteiger partial charge is 0.264 e. The third kappa shape index (κ3) is 2.37. The number of fused-ring (bicyclic) bond motifs is 2. The monoisotopic (exact) mass is 345 g/mol. The third-order valence-corrected chi connectivity index (χ3v) is 4.42. The number of rotatable bonds is 3. The number of nitrogens with zero attached hydrogens (tertiary/aromatic N) is 1. The molecule has 2 aromatic carbocycles. The summed E-state index contributed by atoms with van der Waals surface area (Å²) < 4.78 is 7.15. The number of hydrogen-bond donors (Lipinski definition) is 0. The maximum atomic E-state index is 12.9. The van der Waals surface area contributed by atoms with Crippen LogP contribution in [0.2, 0.25) is 0 Å². The fourth-order valence-corrected chi connectivity index (χ4v) is 3.11. The first-order valence-corrected chi connectivity index (χ1v) is 8.31. The SMILES string of the molecule is CCn1c(=O)c(C(=O)c2ccccc2)cc2c(=O)c3ccccc3oc21. The lowest BCUT2D eigenvalue weighted by atomic mass is 10.0. The topological polar surface area (TPSA) is 69.3 Å². The average molecular weight is 345 g/mol. The molecule has 0 aliphatic rings. The zero-order valence-electron chi connectivity index (χ0n) is 14.1. The van der Waals surface area contributed by atoms with E-state index in [0.29, 0.717) is 16.5 Å². The predicted molar refractivity (Wildman–Crippen MR) is 99.8 cm³/mol. The molecule has 4 rings (SSSR count). The van der Waals surface area contributed by atoms with E-state index in [9.17, 15) is 14.4 Å². The molecule has 0 saturated carbocycles. The molecule has 26 heavy (non-hydrogen) atoms. The minimum absolute atomic E-state index is 0.0341. The van der Waals surface area contributed by atoms with Crippen molar-refractivity contribution in [3.63, 3.8) is 0 Å². The molecule has 0 aliphatic carbocycles. The van der Waals surface area contributed by atoms with E-state index in [-0.39, 0.29) is 28.6 Å². The van der Waals surface area contributed by atoms with Crippen LogP contribution < -0.4 is 11.0 Å². The summed E-state index contributed by atoms with van der Waals surface area (Å²) in [6.45, 7) is 2.05. The molecule has 0 amide bonds. The molecule has 4 aromatic rings. The summed E-state index contributed by atoms with van der Waals surface area (Å²) in [5.41, 5.74) is 0.239. The summed E-state index contributed by atoms with van der Waals surface area (Å²) in [7, 11) is 0. The molecule has 5 nitrogen and oxygen atoms in total. The fourth-order valence-electron chi connectivity index (χ4n) is 3.11. The number of carbonyl (C=O) groups is 1. The second-order valence-corrected chi connectivity index (χ2v) is 5.95. The van der Waals surface area contributed by atoms with Crippen LogP contribution in [0, 0.1) is 0 Å². The molecule has 0 spiro atoms. The van der Waals surface area contributed by atoms with Crippen LogP contribution in [0.15, 0.2) is 74.7 Å². The van der Waals surface area contributed by atoms with Gasteiger partial charge in [0.15, 0.2) is 5.78 Å². The van der Waals surface area contributed by atoms with Gasteiger partial charge in [0.05, 0.1) is 16.3 Å².